The molecule has 0 aliphatic carbocycles. The van der Waals surface area contributed by atoms with Crippen LogP contribution in [0, 0.1) is 6.92 Å². The van der Waals surface area contributed by atoms with Crippen LogP contribution in [0.25, 0.3) is 5.65 Å². The van der Waals surface area contributed by atoms with Crippen molar-refractivity contribution in [2.75, 3.05) is 0 Å². The molecule has 8 heteroatoms. The normalized spacial score (nSPS) is 12.0. The van der Waals surface area contributed by atoms with Gasteiger partial charge in [0.2, 0.25) is 5.91 Å². The van der Waals surface area contributed by atoms with E-state index in [1.807, 2.05) is 6.92 Å². The van der Waals surface area contributed by atoms with Crippen LogP contribution in [0.4, 0.5) is 0 Å². The number of hydrogen-bond donors (Lipinski definition) is 3. The van der Waals surface area contributed by atoms with Gasteiger partial charge in [0.05, 0.1) is 6.20 Å². The molecule has 1 atom stereocenters. The Morgan fingerprint density at radius 1 is 1.28 bits per heavy atom. The van der Waals surface area contributed by atoms with Crippen molar-refractivity contribution < 1.29 is 14.7 Å². The molecule has 0 saturated heterocycles. The zero-order valence-corrected chi connectivity index (χ0v) is 13.5. The first-order valence-corrected chi connectivity index (χ1v) is 7.62. The van der Waals surface area contributed by atoms with E-state index in [2.05, 4.69) is 15.4 Å². The van der Waals surface area contributed by atoms with Crippen molar-refractivity contribution in [3.8, 4) is 5.75 Å². The molecule has 1 aromatic carbocycles. The lowest BCUT2D eigenvalue weighted by molar-refractivity contribution is -0.119. The lowest BCUT2D eigenvalue weighted by Gasteiger charge is -2.15. The highest BCUT2D eigenvalue weighted by molar-refractivity contribution is 6.01. The Morgan fingerprint density at radius 3 is 2.68 bits per heavy atom. The van der Waals surface area contributed by atoms with Crippen LogP contribution in [0.5, 0.6) is 5.75 Å². The van der Waals surface area contributed by atoms with Crippen LogP contribution in [0.3, 0.4) is 0 Å². The second-order valence-corrected chi connectivity index (χ2v) is 5.76. The number of nitrogens with two attached hydrogens (primary N) is 1. The first kappa shape index (κ1) is 16.4. The summed E-state index contributed by atoms with van der Waals surface area (Å²) in [7, 11) is 0. The number of rotatable bonds is 5. The minimum absolute atomic E-state index is 0.121. The highest BCUT2D eigenvalue weighted by Crippen LogP contribution is 2.13. The van der Waals surface area contributed by atoms with E-state index >= 15 is 0 Å². The third kappa shape index (κ3) is 3.57. The molecule has 3 rings (SSSR count). The van der Waals surface area contributed by atoms with Gasteiger partial charge in [0.15, 0.2) is 5.65 Å². The molecule has 128 valence electrons. The quantitative estimate of drug-likeness (QED) is 0.627. The SMILES string of the molecule is Cc1cnc2c(C(=O)N[C@@H](Cc3ccc(O)cc3)C(N)=O)cnn2c1. The molecule has 0 bridgehead atoms. The lowest BCUT2D eigenvalue weighted by Crippen LogP contribution is -2.45. The van der Waals surface area contributed by atoms with E-state index in [9.17, 15) is 14.7 Å². The summed E-state index contributed by atoms with van der Waals surface area (Å²) in [6, 6.07) is 5.45. The zero-order valence-electron chi connectivity index (χ0n) is 13.5. The van der Waals surface area contributed by atoms with Crippen LogP contribution in [0.1, 0.15) is 21.5 Å². The van der Waals surface area contributed by atoms with Crippen LogP contribution in [0.2, 0.25) is 0 Å². The Kier molecular flexibility index (Phi) is 4.34. The van der Waals surface area contributed by atoms with Crippen molar-refractivity contribution in [1.82, 2.24) is 19.9 Å². The second kappa shape index (κ2) is 6.60. The molecule has 0 aliphatic rings. The van der Waals surface area contributed by atoms with Gasteiger partial charge < -0.3 is 16.2 Å². The average Bonchev–Trinajstić information content (AvgIpc) is 2.99. The van der Waals surface area contributed by atoms with Crippen LogP contribution in [-0.2, 0) is 11.2 Å². The monoisotopic (exact) mass is 339 g/mol. The smallest absolute Gasteiger partial charge is 0.257 e. The Labute approximate surface area is 143 Å². The van der Waals surface area contributed by atoms with Gasteiger partial charge in [0.25, 0.3) is 5.91 Å². The molecule has 2 amide bonds. The fourth-order valence-electron chi connectivity index (χ4n) is 2.45. The molecule has 0 fully saturated rings. The van der Waals surface area contributed by atoms with Crippen LogP contribution in [-0.4, -0.2) is 37.6 Å². The first-order chi connectivity index (χ1) is 11.9. The first-order valence-electron chi connectivity index (χ1n) is 7.62. The fraction of sp³-hybridized carbons (Fsp3) is 0.176. The number of carbonyl (C=O) groups is 2. The summed E-state index contributed by atoms with van der Waals surface area (Å²) >= 11 is 0. The maximum atomic E-state index is 12.5. The Morgan fingerprint density at radius 2 is 2.00 bits per heavy atom. The summed E-state index contributed by atoms with van der Waals surface area (Å²) in [6.45, 7) is 1.87. The molecule has 0 saturated carbocycles. The third-order valence-electron chi connectivity index (χ3n) is 3.76. The van der Waals surface area contributed by atoms with Crippen LogP contribution < -0.4 is 11.1 Å². The Hall–Kier alpha value is -3.42. The van der Waals surface area contributed by atoms with E-state index in [0.29, 0.717) is 5.65 Å². The highest BCUT2D eigenvalue weighted by Gasteiger charge is 2.22. The van der Waals surface area contributed by atoms with Crippen molar-refractivity contribution in [2.24, 2.45) is 5.73 Å². The maximum absolute atomic E-state index is 12.5. The Bertz CT molecular complexity index is 933. The third-order valence-corrected chi connectivity index (χ3v) is 3.76. The summed E-state index contributed by atoms with van der Waals surface area (Å²) in [5.41, 5.74) is 7.74. The molecule has 2 heterocycles. The van der Waals surface area contributed by atoms with Gasteiger partial charge in [-0.1, -0.05) is 12.1 Å². The number of benzene rings is 1. The number of nitrogens with one attached hydrogen (secondary N) is 1. The molecule has 4 N–H and O–H groups in total. The number of aryl methyl sites for hydroxylation is 1. The summed E-state index contributed by atoms with van der Waals surface area (Å²) in [5, 5.41) is 16.0. The number of amides is 2. The summed E-state index contributed by atoms with van der Waals surface area (Å²) in [6.07, 6.45) is 5.00. The van der Waals surface area contributed by atoms with Gasteiger partial charge in [-0.05, 0) is 30.2 Å². The van der Waals surface area contributed by atoms with Crippen LogP contribution in [0.15, 0.2) is 42.9 Å². The van der Waals surface area contributed by atoms with Crippen molar-refractivity contribution in [1.29, 1.82) is 0 Å². The molecule has 3 aromatic rings. The van der Waals surface area contributed by atoms with Crippen molar-refractivity contribution in [3.05, 3.63) is 59.5 Å². The Balaban J connectivity index is 1.80. The van der Waals surface area contributed by atoms with Gasteiger partial charge in [-0.15, -0.1) is 0 Å². The number of primary amides is 1. The van der Waals surface area contributed by atoms with E-state index in [0.717, 1.165) is 11.1 Å². The van der Waals surface area contributed by atoms with Gasteiger partial charge >= 0.3 is 0 Å². The second-order valence-electron chi connectivity index (χ2n) is 5.76. The predicted octanol–water partition coefficient (Wildman–Crippen LogP) is 0.570. The standard InChI is InChI=1S/C17H17N5O3/c1-10-7-19-16-13(8-20-22(16)9-10)17(25)21-14(15(18)24)6-11-2-4-12(23)5-3-11/h2-5,7-9,14,23H,6H2,1H3,(H2,18,24)(H,21,25)/t14-/m0/s1. The molecule has 0 radical (unpaired) electrons. The van der Waals surface area contributed by atoms with E-state index in [-0.39, 0.29) is 17.7 Å². The van der Waals surface area contributed by atoms with Crippen molar-refractivity contribution >= 4 is 17.5 Å². The van der Waals surface area contributed by atoms with Gasteiger partial charge in [0.1, 0.15) is 17.4 Å². The molecule has 8 nitrogen and oxygen atoms in total. The van der Waals surface area contributed by atoms with Crippen LogP contribution >= 0.6 is 0 Å². The summed E-state index contributed by atoms with van der Waals surface area (Å²) in [5.74, 6) is -1.01. The predicted molar refractivity (Wildman–Crippen MR) is 90.0 cm³/mol. The number of phenols is 1. The van der Waals surface area contributed by atoms with Crippen molar-refractivity contribution in [2.45, 2.75) is 19.4 Å². The largest absolute Gasteiger partial charge is 0.508 e. The number of hydrogen-bond acceptors (Lipinski definition) is 5. The topological polar surface area (TPSA) is 123 Å². The van der Waals surface area contributed by atoms with Gasteiger partial charge in [-0.2, -0.15) is 5.10 Å². The highest BCUT2D eigenvalue weighted by atomic mass is 16.3. The minimum atomic E-state index is -0.891. The van der Waals surface area contributed by atoms with E-state index in [4.69, 9.17) is 5.73 Å². The number of aromatic hydroxyl groups is 1. The summed E-state index contributed by atoms with van der Waals surface area (Å²) in [4.78, 5) is 28.4. The molecule has 0 aliphatic heterocycles. The minimum Gasteiger partial charge on any atom is -0.508 e. The number of aromatic nitrogens is 3. The molecule has 25 heavy (non-hydrogen) atoms. The number of carbonyl (C=O) groups excluding carboxylic acids is 2. The zero-order chi connectivity index (χ0) is 18.0. The number of nitrogens with zero attached hydrogens (tertiary/aromatic N) is 3. The maximum Gasteiger partial charge on any atom is 0.257 e. The van der Waals surface area contributed by atoms with Crippen molar-refractivity contribution in [3.63, 3.8) is 0 Å². The van der Waals surface area contributed by atoms with E-state index in [1.54, 1.807) is 24.5 Å². The number of fused-ring (bicyclic) bond motifs is 1. The molecule has 2 aromatic heterocycles. The molecule has 0 spiro atoms. The van der Waals surface area contributed by atoms with E-state index < -0.39 is 17.9 Å². The molecular formula is C17H17N5O3. The average molecular weight is 339 g/mol. The molecular weight excluding hydrogens is 322 g/mol. The molecule has 0 unspecified atom stereocenters. The van der Waals surface area contributed by atoms with E-state index in [1.165, 1.54) is 22.8 Å². The number of phenolic OH excluding ortho intramolecular Hbond substituents is 1. The summed E-state index contributed by atoms with van der Waals surface area (Å²) < 4.78 is 1.50. The lowest BCUT2D eigenvalue weighted by atomic mass is 10.0. The van der Waals surface area contributed by atoms with Gasteiger partial charge in [-0.3, -0.25) is 9.59 Å². The van der Waals surface area contributed by atoms with Gasteiger partial charge in [0, 0.05) is 18.8 Å². The fourth-order valence-corrected chi connectivity index (χ4v) is 2.45. The van der Waals surface area contributed by atoms with Gasteiger partial charge in [-0.25, -0.2) is 9.50 Å².